The van der Waals surface area contributed by atoms with Crippen LogP contribution in [-0.4, -0.2) is 35.5 Å². The van der Waals surface area contributed by atoms with Gasteiger partial charge in [-0.25, -0.2) is 5.43 Å². The van der Waals surface area contributed by atoms with E-state index < -0.39 is 6.04 Å². The highest BCUT2D eigenvalue weighted by molar-refractivity contribution is 5.88. The lowest BCUT2D eigenvalue weighted by atomic mass is 10.2. The Morgan fingerprint density at radius 2 is 1.96 bits per heavy atom. The number of carbonyl (C=O) groups is 1. The van der Waals surface area contributed by atoms with Gasteiger partial charge in [0.1, 0.15) is 23.3 Å². The molecule has 0 radical (unpaired) electrons. The highest BCUT2D eigenvalue weighted by atomic mass is 16.5. The standard InChI is InChI=1S/C18H21N3O4/c1-3-16(20-13-5-8-15(25-2)9-6-13)18(24)21-19-11-12-4-7-14(22)10-17(12)23/h4-11,16,20,22-23H,3H2,1-2H3,(H,21,24). The number of nitrogens with zero attached hydrogens (tertiary/aromatic N) is 1. The molecule has 0 aromatic heterocycles. The molecule has 0 aliphatic heterocycles. The van der Waals surface area contributed by atoms with Gasteiger partial charge in [-0.3, -0.25) is 4.79 Å². The number of benzene rings is 2. The summed E-state index contributed by atoms with van der Waals surface area (Å²) in [6, 6.07) is 10.9. The summed E-state index contributed by atoms with van der Waals surface area (Å²) < 4.78 is 5.10. The molecule has 0 fully saturated rings. The van der Waals surface area contributed by atoms with Crippen molar-refractivity contribution in [1.82, 2.24) is 5.43 Å². The Balaban J connectivity index is 1.95. The first-order valence-electron chi connectivity index (χ1n) is 7.79. The average Bonchev–Trinajstić information content (AvgIpc) is 2.61. The Morgan fingerprint density at radius 1 is 1.24 bits per heavy atom. The normalized spacial score (nSPS) is 11.9. The first-order chi connectivity index (χ1) is 12.0. The van der Waals surface area contributed by atoms with Crippen LogP contribution in [0.4, 0.5) is 5.69 Å². The van der Waals surface area contributed by atoms with Crippen molar-refractivity contribution in [1.29, 1.82) is 0 Å². The molecule has 0 spiro atoms. The fourth-order valence-electron chi connectivity index (χ4n) is 2.13. The molecule has 2 rings (SSSR count). The third kappa shape index (κ3) is 5.13. The van der Waals surface area contributed by atoms with Gasteiger partial charge in [-0.15, -0.1) is 0 Å². The molecule has 0 saturated heterocycles. The molecule has 25 heavy (non-hydrogen) atoms. The molecule has 7 heteroatoms. The second kappa shape index (κ2) is 8.58. The van der Waals surface area contributed by atoms with Gasteiger partial charge in [0.05, 0.1) is 13.3 Å². The van der Waals surface area contributed by atoms with Gasteiger partial charge >= 0.3 is 0 Å². The smallest absolute Gasteiger partial charge is 0.262 e. The zero-order chi connectivity index (χ0) is 18.2. The van der Waals surface area contributed by atoms with Crippen molar-refractivity contribution in [2.45, 2.75) is 19.4 Å². The highest BCUT2D eigenvalue weighted by Crippen LogP contribution is 2.20. The summed E-state index contributed by atoms with van der Waals surface area (Å²) in [7, 11) is 1.59. The number of aromatic hydroxyl groups is 2. The van der Waals surface area contributed by atoms with Gasteiger partial charge in [0.2, 0.25) is 0 Å². The maximum absolute atomic E-state index is 12.2. The van der Waals surface area contributed by atoms with E-state index in [0.29, 0.717) is 12.0 Å². The summed E-state index contributed by atoms with van der Waals surface area (Å²) in [4.78, 5) is 12.2. The van der Waals surface area contributed by atoms with Crippen LogP contribution in [0.2, 0.25) is 0 Å². The predicted octanol–water partition coefficient (Wildman–Crippen LogP) is 2.45. The Bertz CT molecular complexity index is 744. The lowest BCUT2D eigenvalue weighted by Crippen LogP contribution is -2.36. The quantitative estimate of drug-likeness (QED) is 0.457. The number of nitrogens with one attached hydrogen (secondary N) is 2. The van der Waals surface area contributed by atoms with Crippen LogP contribution in [0.1, 0.15) is 18.9 Å². The third-order valence-electron chi connectivity index (χ3n) is 3.55. The minimum atomic E-state index is -0.459. The largest absolute Gasteiger partial charge is 0.508 e. The van der Waals surface area contributed by atoms with Gasteiger partial charge in [0, 0.05) is 17.3 Å². The molecule has 2 aromatic rings. The molecule has 0 aliphatic rings. The lowest BCUT2D eigenvalue weighted by molar-refractivity contribution is -0.121. The van der Waals surface area contributed by atoms with Gasteiger partial charge in [-0.05, 0) is 42.8 Å². The molecular formula is C18H21N3O4. The van der Waals surface area contributed by atoms with Crippen LogP contribution in [-0.2, 0) is 4.79 Å². The van der Waals surface area contributed by atoms with Gasteiger partial charge in [-0.1, -0.05) is 6.92 Å². The molecule has 1 atom stereocenters. The minimum absolute atomic E-state index is 0.0478. The number of phenols is 2. The molecule has 132 valence electrons. The van der Waals surface area contributed by atoms with Crippen LogP contribution in [0, 0.1) is 0 Å². The second-order valence-corrected chi connectivity index (χ2v) is 5.31. The van der Waals surface area contributed by atoms with E-state index in [1.807, 2.05) is 19.1 Å². The number of methoxy groups -OCH3 is 1. The number of amides is 1. The zero-order valence-electron chi connectivity index (χ0n) is 14.1. The van der Waals surface area contributed by atoms with Gasteiger partial charge in [0.15, 0.2) is 0 Å². The van der Waals surface area contributed by atoms with Gasteiger partial charge in [-0.2, -0.15) is 5.10 Å². The van der Waals surface area contributed by atoms with Crippen molar-refractivity contribution in [3.63, 3.8) is 0 Å². The molecule has 1 unspecified atom stereocenters. The minimum Gasteiger partial charge on any atom is -0.508 e. The molecule has 2 aromatic carbocycles. The molecule has 0 saturated carbocycles. The van der Waals surface area contributed by atoms with Crippen molar-refractivity contribution in [2.75, 3.05) is 12.4 Å². The first-order valence-corrected chi connectivity index (χ1v) is 7.79. The number of anilines is 1. The van der Waals surface area contributed by atoms with Crippen LogP contribution in [0.3, 0.4) is 0 Å². The summed E-state index contributed by atoms with van der Waals surface area (Å²) >= 11 is 0. The van der Waals surface area contributed by atoms with E-state index in [1.165, 1.54) is 24.4 Å². The molecule has 0 bridgehead atoms. The first kappa shape index (κ1) is 18.1. The molecular weight excluding hydrogens is 322 g/mol. The maximum Gasteiger partial charge on any atom is 0.262 e. The number of phenolic OH excluding ortho intramolecular Hbond substituents is 2. The zero-order valence-corrected chi connectivity index (χ0v) is 14.1. The number of hydrogen-bond donors (Lipinski definition) is 4. The highest BCUT2D eigenvalue weighted by Gasteiger charge is 2.15. The molecule has 4 N–H and O–H groups in total. The van der Waals surface area contributed by atoms with Crippen LogP contribution >= 0.6 is 0 Å². The van der Waals surface area contributed by atoms with Crippen molar-refractivity contribution >= 4 is 17.8 Å². The summed E-state index contributed by atoms with van der Waals surface area (Å²) in [5.41, 5.74) is 3.61. The van der Waals surface area contributed by atoms with E-state index in [0.717, 1.165) is 11.4 Å². The number of carbonyl (C=O) groups excluding carboxylic acids is 1. The molecule has 1 amide bonds. The predicted molar refractivity (Wildman–Crippen MR) is 96.2 cm³/mol. The second-order valence-electron chi connectivity index (χ2n) is 5.31. The lowest BCUT2D eigenvalue weighted by Gasteiger charge is -2.16. The maximum atomic E-state index is 12.2. The van der Waals surface area contributed by atoms with Crippen molar-refractivity contribution in [3.05, 3.63) is 48.0 Å². The summed E-state index contributed by atoms with van der Waals surface area (Å²) in [5, 5.41) is 25.9. The number of hydrogen-bond acceptors (Lipinski definition) is 6. The van der Waals surface area contributed by atoms with Crippen molar-refractivity contribution in [2.24, 2.45) is 5.10 Å². The number of hydrazone groups is 1. The topological polar surface area (TPSA) is 103 Å². The van der Waals surface area contributed by atoms with Crippen molar-refractivity contribution in [3.8, 4) is 17.2 Å². The van der Waals surface area contributed by atoms with Crippen LogP contribution < -0.4 is 15.5 Å². The molecule has 0 aliphatic carbocycles. The van der Waals surface area contributed by atoms with E-state index in [1.54, 1.807) is 19.2 Å². The Labute approximate surface area is 146 Å². The van der Waals surface area contributed by atoms with E-state index >= 15 is 0 Å². The third-order valence-corrected chi connectivity index (χ3v) is 3.55. The van der Waals surface area contributed by atoms with Crippen LogP contribution in [0.15, 0.2) is 47.6 Å². The summed E-state index contributed by atoms with van der Waals surface area (Å²) in [5.74, 6) is 0.268. The Morgan fingerprint density at radius 3 is 2.56 bits per heavy atom. The fourth-order valence-corrected chi connectivity index (χ4v) is 2.13. The van der Waals surface area contributed by atoms with Gasteiger partial charge < -0.3 is 20.3 Å². The average molecular weight is 343 g/mol. The Hall–Kier alpha value is -3.22. The van der Waals surface area contributed by atoms with Crippen molar-refractivity contribution < 1.29 is 19.7 Å². The summed E-state index contributed by atoms with van der Waals surface area (Å²) in [6.07, 6.45) is 1.88. The molecule has 0 heterocycles. The van der Waals surface area contributed by atoms with E-state index in [2.05, 4.69) is 15.8 Å². The van der Waals surface area contributed by atoms with Crippen LogP contribution in [0.25, 0.3) is 0 Å². The van der Waals surface area contributed by atoms with Crippen LogP contribution in [0.5, 0.6) is 17.2 Å². The Kier molecular flexibility index (Phi) is 6.22. The number of rotatable bonds is 7. The SMILES string of the molecule is CCC(Nc1ccc(OC)cc1)C(=O)NN=Cc1ccc(O)cc1O. The summed E-state index contributed by atoms with van der Waals surface area (Å²) in [6.45, 7) is 1.89. The van der Waals surface area contributed by atoms with E-state index in [-0.39, 0.29) is 17.4 Å². The molecule has 7 nitrogen and oxygen atoms in total. The monoisotopic (exact) mass is 343 g/mol. The fraction of sp³-hybridized carbons (Fsp3) is 0.222. The van der Waals surface area contributed by atoms with E-state index in [4.69, 9.17) is 4.74 Å². The van der Waals surface area contributed by atoms with E-state index in [9.17, 15) is 15.0 Å². The number of ether oxygens (including phenoxy) is 1. The van der Waals surface area contributed by atoms with Gasteiger partial charge in [0.25, 0.3) is 5.91 Å².